The SMILES string of the molecule is COc1ccc(-c2cnsc2-c2cc(OC)c(OC)c(OC)c2)cc1NC(=O)[C@@H]([NH3+])C(C)O. The summed E-state index contributed by atoms with van der Waals surface area (Å²) in [5.41, 5.74) is 6.70. The minimum atomic E-state index is -0.883. The maximum Gasteiger partial charge on any atom is 0.285 e. The van der Waals surface area contributed by atoms with Crippen LogP contribution in [-0.4, -0.2) is 56.0 Å². The van der Waals surface area contributed by atoms with Crippen LogP contribution in [0.3, 0.4) is 0 Å². The molecule has 10 heteroatoms. The van der Waals surface area contributed by atoms with Crippen LogP contribution >= 0.6 is 11.5 Å². The van der Waals surface area contributed by atoms with E-state index in [1.165, 1.54) is 25.6 Å². The Morgan fingerprint density at radius 3 is 2.18 bits per heavy atom. The van der Waals surface area contributed by atoms with Gasteiger partial charge in [-0.05, 0) is 48.3 Å². The van der Waals surface area contributed by atoms with Gasteiger partial charge >= 0.3 is 0 Å². The second-order valence-corrected chi connectivity index (χ2v) is 8.04. The zero-order valence-corrected chi connectivity index (χ0v) is 20.0. The van der Waals surface area contributed by atoms with Gasteiger partial charge in [-0.2, -0.15) is 4.37 Å². The summed E-state index contributed by atoms with van der Waals surface area (Å²) in [5.74, 6) is 1.66. The molecule has 33 heavy (non-hydrogen) atoms. The van der Waals surface area contributed by atoms with Gasteiger partial charge in [0.2, 0.25) is 5.75 Å². The number of ether oxygens (including phenoxy) is 4. The van der Waals surface area contributed by atoms with E-state index < -0.39 is 18.1 Å². The smallest absolute Gasteiger partial charge is 0.285 e. The van der Waals surface area contributed by atoms with Gasteiger partial charge in [0.15, 0.2) is 17.5 Å². The lowest BCUT2D eigenvalue weighted by Gasteiger charge is -2.16. The third kappa shape index (κ3) is 5.03. The first-order valence-corrected chi connectivity index (χ1v) is 10.9. The molecule has 0 aliphatic carbocycles. The molecule has 0 aliphatic rings. The van der Waals surface area contributed by atoms with Crippen molar-refractivity contribution in [1.29, 1.82) is 0 Å². The molecular formula is C23H28N3O6S+. The summed E-state index contributed by atoms with van der Waals surface area (Å²) in [5, 5.41) is 12.5. The number of rotatable bonds is 9. The van der Waals surface area contributed by atoms with Crippen molar-refractivity contribution in [2.75, 3.05) is 33.8 Å². The molecule has 5 N–H and O–H groups in total. The third-order valence-corrected chi connectivity index (χ3v) is 6.03. The van der Waals surface area contributed by atoms with Crippen molar-refractivity contribution in [2.45, 2.75) is 19.1 Å². The van der Waals surface area contributed by atoms with Crippen molar-refractivity contribution in [1.82, 2.24) is 4.37 Å². The van der Waals surface area contributed by atoms with Crippen LogP contribution in [0.1, 0.15) is 6.92 Å². The number of carbonyl (C=O) groups is 1. The predicted molar refractivity (Wildman–Crippen MR) is 126 cm³/mol. The van der Waals surface area contributed by atoms with Crippen LogP contribution in [0, 0.1) is 0 Å². The number of nitrogens with one attached hydrogen (secondary N) is 1. The van der Waals surface area contributed by atoms with Crippen molar-refractivity contribution >= 4 is 23.1 Å². The Kier molecular flexibility index (Phi) is 7.75. The van der Waals surface area contributed by atoms with E-state index >= 15 is 0 Å². The fourth-order valence-electron chi connectivity index (χ4n) is 3.28. The standard InChI is InChI=1S/C23H27N3O6S/c1-12(27)20(24)23(28)26-16-8-13(6-7-17(16)29-2)15-11-25-33-22(15)14-9-18(30-3)21(32-5)19(10-14)31-4/h6-12,20,27H,24H2,1-5H3,(H,26,28)/p+1/t12?,20-/m0/s1. The highest BCUT2D eigenvalue weighted by Crippen LogP contribution is 2.45. The highest BCUT2D eigenvalue weighted by atomic mass is 32.1. The van der Waals surface area contributed by atoms with Gasteiger partial charge in [0.1, 0.15) is 11.9 Å². The molecule has 0 aliphatic heterocycles. The number of nitrogens with zero attached hydrogens (tertiary/aromatic N) is 1. The first-order chi connectivity index (χ1) is 15.8. The van der Waals surface area contributed by atoms with Crippen molar-refractivity contribution in [3.63, 3.8) is 0 Å². The molecule has 0 radical (unpaired) electrons. The minimum Gasteiger partial charge on any atom is -0.495 e. The topological polar surface area (TPSA) is 127 Å². The molecule has 0 saturated carbocycles. The van der Waals surface area contributed by atoms with Gasteiger partial charge in [0.25, 0.3) is 5.91 Å². The first-order valence-electron chi connectivity index (χ1n) is 10.1. The number of hydrogen-bond donors (Lipinski definition) is 3. The van der Waals surface area contributed by atoms with Crippen molar-refractivity contribution in [3.05, 3.63) is 36.5 Å². The van der Waals surface area contributed by atoms with Gasteiger partial charge in [-0.3, -0.25) is 4.79 Å². The molecular weight excluding hydrogens is 446 g/mol. The van der Waals surface area contributed by atoms with Crippen LogP contribution in [0.4, 0.5) is 5.69 Å². The number of quaternary nitrogens is 1. The number of benzene rings is 2. The summed E-state index contributed by atoms with van der Waals surface area (Å²) in [7, 11) is 6.21. The van der Waals surface area contributed by atoms with E-state index in [1.54, 1.807) is 39.7 Å². The lowest BCUT2D eigenvalue weighted by atomic mass is 10.0. The summed E-state index contributed by atoms with van der Waals surface area (Å²) in [6, 6.07) is 8.35. The lowest BCUT2D eigenvalue weighted by molar-refractivity contribution is -0.418. The van der Waals surface area contributed by atoms with Gasteiger partial charge in [-0.25, -0.2) is 0 Å². The minimum absolute atomic E-state index is 0.409. The molecule has 0 spiro atoms. The molecule has 0 saturated heterocycles. The van der Waals surface area contributed by atoms with Crippen LogP contribution in [0.25, 0.3) is 21.6 Å². The van der Waals surface area contributed by atoms with Gasteiger partial charge in [-0.15, -0.1) is 0 Å². The number of aromatic nitrogens is 1. The molecule has 9 nitrogen and oxygen atoms in total. The first kappa shape index (κ1) is 24.3. The molecule has 2 aromatic carbocycles. The summed E-state index contributed by atoms with van der Waals surface area (Å²) in [4.78, 5) is 13.4. The fraction of sp³-hybridized carbons (Fsp3) is 0.304. The van der Waals surface area contributed by atoms with Crippen LogP contribution in [0.15, 0.2) is 36.5 Å². The average Bonchev–Trinajstić information content (AvgIpc) is 3.32. The molecule has 3 rings (SSSR count). The molecule has 0 fully saturated rings. The maximum atomic E-state index is 12.5. The maximum absolute atomic E-state index is 12.5. The molecule has 1 unspecified atom stereocenters. The average molecular weight is 475 g/mol. The lowest BCUT2D eigenvalue weighted by Crippen LogP contribution is -2.70. The second-order valence-electron chi connectivity index (χ2n) is 7.23. The van der Waals surface area contributed by atoms with Gasteiger partial charge < -0.3 is 35.1 Å². The molecule has 176 valence electrons. The largest absolute Gasteiger partial charge is 0.495 e. The predicted octanol–water partition coefficient (Wildman–Crippen LogP) is 2.44. The van der Waals surface area contributed by atoms with E-state index in [0.29, 0.717) is 28.7 Å². The number of aliphatic hydroxyl groups excluding tert-OH is 1. The summed E-state index contributed by atoms with van der Waals surface area (Å²) < 4.78 is 26.2. The van der Waals surface area contributed by atoms with Crippen molar-refractivity contribution in [3.8, 4) is 44.6 Å². The number of carbonyl (C=O) groups excluding carboxylic acids is 1. The highest BCUT2D eigenvalue weighted by molar-refractivity contribution is 7.10. The summed E-state index contributed by atoms with van der Waals surface area (Å²) in [6.45, 7) is 1.52. The Morgan fingerprint density at radius 2 is 1.64 bits per heavy atom. The van der Waals surface area contributed by atoms with Crippen LogP contribution < -0.4 is 30.0 Å². The van der Waals surface area contributed by atoms with E-state index in [4.69, 9.17) is 18.9 Å². The van der Waals surface area contributed by atoms with Crippen LogP contribution in [-0.2, 0) is 4.79 Å². The number of methoxy groups -OCH3 is 4. The summed E-state index contributed by atoms with van der Waals surface area (Å²) in [6.07, 6.45) is 0.878. The number of anilines is 1. The second kappa shape index (κ2) is 10.5. The van der Waals surface area contributed by atoms with E-state index in [1.807, 2.05) is 18.2 Å². The molecule has 1 heterocycles. The molecule has 3 aromatic rings. The van der Waals surface area contributed by atoms with E-state index in [-0.39, 0.29) is 0 Å². The Morgan fingerprint density at radius 1 is 1.00 bits per heavy atom. The van der Waals surface area contributed by atoms with E-state index in [9.17, 15) is 9.90 Å². The van der Waals surface area contributed by atoms with Crippen LogP contribution in [0.5, 0.6) is 23.0 Å². The zero-order valence-electron chi connectivity index (χ0n) is 19.2. The number of hydrogen-bond acceptors (Lipinski definition) is 8. The Hall–Kier alpha value is -3.34. The third-order valence-electron chi connectivity index (χ3n) is 5.18. The molecule has 0 bridgehead atoms. The number of amides is 1. The Balaban J connectivity index is 2.06. The molecule has 1 amide bonds. The summed E-state index contributed by atoms with van der Waals surface area (Å²) >= 11 is 1.32. The zero-order chi connectivity index (χ0) is 24.1. The normalized spacial score (nSPS) is 12.6. The van der Waals surface area contributed by atoms with Crippen molar-refractivity contribution in [2.24, 2.45) is 0 Å². The van der Waals surface area contributed by atoms with Gasteiger partial charge in [0.05, 0.1) is 39.0 Å². The fourth-order valence-corrected chi connectivity index (χ4v) is 4.04. The highest BCUT2D eigenvalue weighted by Gasteiger charge is 2.24. The quantitative estimate of drug-likeness (QED) is 0.435. The monoisotopic (exact) mass is 474 g/mol. The Labute approximate surface area is 196 Å². The van der Waals surface area contributed by atoms with Crippen LogP contribution in [0.2, 0.25) is 0 Å². The molecule has 1 aromatic heterocycles. The number of aliphatic hydroxyl groups is 1. The van der Waals surface area contributed by atoms with E-state index in [0.717, 1.165) is 21.6 Å². The Bertz CT molecular complexity index is 1110. The van der Waals surface area contributed by atoms with Gasteiger partial charge in [0, 0.05) is 17.3 Å². The molecule has 2 atom stereocenters. The van der Waals surface area contributed by atoms with E-state index in [2.05, 4.69) is 15.4 Å². The van der Waals surface area contributed by atoms with Gasteiger partial charge in [-0.1, -0.05) is 6.07 Å². The van der Waals surface area contributed by atoms with Crippen molar-refractivity contribution < 1.29 is 34.6 Å².